The van der Waals surface area contributed by atoms with Gasteiger partial charge >= 0.3 is 6.03 Å². The maximum absolute atomic E-state index is 13.0. The molecule has 4 rings (SSSR count). The topological polar surface area (TPSA) is 124 Å². The van der Waals surface area contributed by atoms with Crippen molar-refractivity contribution in [2.24, 2.45) is 5.92 Å². The van der Waals surface area contributed by atoms with E-state index in [1.807, 2.05) is 37.3 Å². The number of nitrogens with zero attached hydrogens (tertiary/aromatic N) is 3. The maximum Gasteiger partial charge on any atom is 0.319 e. The van der Waals surface area contributed by atoms with E-state index in [-0.39, 0.29) is 18.5 Å². The molecule has 10 nitrogen and oxygen atoms in total. The van der Waals surface area contributed by atoms with Crippen LogP contribution in [0, 0.1) is 12.8 Å². The lowest BCUT2D eigenvalue weighted by atomic mass is 9.90. The van der Waals surface area contributed by atoms with Gasteiger partial charge in [0.05, 0.1) is 17.5 Å². The second-order valence-electron chi connectivity index (χ2n) is 9.33. The third kappa shape index (κ3) is 5.97. The standard InChI is InChI=1S/C27H31N5O5/c1-17-14-19(21-6-4-5-7-23(21)28-17)16-37-20-10-8-18(9-11-20)25(33)29-24-15-32(27(35)31(2)3)13-12-22(24)26(34)30-36/h4-11,14,22,24,36H,12-13,15-16H2,1-3H3,(H,29,33)(H,30,34). The van der Waals surface area contributed by atoms with Crippen LogP contribution in [0.1, 0.15) is 28.0 Å². The lowest BCUT2D eigenvalue weighted by molar-refractivity contribution is -0.135. The SMILES string of the molecule is Cc1cc(COc2ccc(C(=O)NC3CN(C(=O)N(C)C)CCC3C(=O)NO)cc2)c2ccccc2n1. The summed E-state index contributed by atoms with van der Waals surface area (Å²) in [6.07, 6.45) is 0.312. The third-order valence-electron chi connectivity index (χ3n) is 6.47. The number of urea groups is 1. The van der Waals surface area contributed by atoms with Crippen LogP contribution < -0.4 is 15.5 Å². The Balaban J connectivity index is 1.42. The van der Waals surface area contributed by atoms with Gasteiger partial charge in [-0.3, -0.25) is 19.8 Å². The Morgan fingerprint density at radius 1 is 1.14 bits per heavy atom. The minimum atomic E-state index is -0.665. The summed E-state index contributed by atoms with van der Waals surface area (Å²) in [5, 5.41) is 13.0. The molecule has 1 aliphatic heterocycles. The molecule has 1 aromatic heterocycles. The van der Waals surface area contributed by atoms with E-state index in [2.05, 4.69) is 10.3 Å². The first kappa shape index (κ1) is 25.9. The fourth-order valence-electron chi connectivity index (χ4n) is 4.58. The molecule has 2 atom stereocenters. The van der Waals surface area contributed by atoms with Crippen LogP contribution in [0.5, 0.6) is 5.75 Å². The van der Waals surface area contributed by atoms with Crippen molar-refractivity contribution >= 4 is 28.7 Å². The van der Waals surface area contributed by atoms with E-state index in [0.29, 0.717) is 30.9 Å². The number of ether oxygens (including phenoxy) is 1. The van der Waals surface area contributed by atoms with E-state index < -0.39 is 17.9 Å². The Morgan fingerprint density at radius 3 is 2.57 bits per heavy atom. The molecule has 0 aliphatic carbocycles. The van der Waals surface area contributed by atoms with E-state index in [1.165, 1.54) is 4.90 Å². The lowest BCUT2D eigenvalue weighted by Crippen LogP contribution is -2.58. The Kier molecular flexibility index (Phi) is 7.88. The molecule has 2 aromatic carbocycles. The monoisotopic (exact) mass is 505 g/mol. The largest absolute Gasteiger partial charge is 0.489 e. The lowest BCUT2D eigenvalue weighted by Gasteiger charge is -2.38. The number of aromatic nitrogens is 1. The maximum atomic E-state index is 13.0. The minimum Gasteiger partial charge on any atom is -0.489 e. The highest BCUT2D eigenvalue weighted by Gasteiger charge is 2.37. The quantitative estimate of drug-likeness (QED) is 0.350. The smallest absolute Gasteiger partial charge is 0.319 e. The van der Waals surface area contributed by atoms with E-state index in [4.69, 9.17) is 9.94 Å². The summed E-state index contributed by atoms with van der Waals surface area (Å²) >= 11 is 0. The van der Waals surface area contributed by atoms with Crippen LogP contribution in [0.2, 0.25) is 0 Å². The number of pyridine rings is 1. The van der Waals surface area contributed by atoms with Crippen molar-refractivity contribution in [1.82, 2.24) is 25.6 Å². The van der Waals surface area contributed by atoms with Gasteiger partial charge < -0.3 is 19.9 Å². The average Bonchev–Trinajstić information content (AvgIpc) is 2.90. The Bertz CT molecular complexity index is 1290. The van der Waals surface area contributed by atoms with Crippen LogP contribution in [0.25, 0.3) is 10.9 Å². The number of carbonyl (C=O) groups is 3. The summed E-state index contributed by atoms with van der Waals surface area (Å²) in [6.45, 7) is 2.80. The Hall–Kier alpha value is -4.18. The second-order valence-corrected chi connectivity index (χ2v) is 9.33. The van der Waals surface area contributed by atoms with E-state index in [1.54, 1.807) is 48.7 Å². The van der Waals surface area contributed by atoms with Crippen LogP contribution in [0.4, 0.5) is 4.79 Å². The van der Waals surface area contributed by atoms with Crippen molar-refractivity contribution in [1.29, 1.82) is 0 Å². The number of hydrogen-bond acceptors (Lipinski definition) is 6. The predicted octanol–water partition coefficient (Wildman–Crippen LogP) is 2.73. The van der Waals surface area contributed by atoms with Gasteiger partial charge in [-0.2, -0.15) is 0 Å². The van der Waals surface area contributed by atoms with Gasteiger partial charge in [-0.05, 0) is 49.7 Å². The van der Waals surface area contributed by atoms with Crippen molar-refractivity contribution in [3.8, 4) is 5.75 Å². The van der Waals surface area contributed by atoms with Crippen LogP contribution in [0.15, 0.2) is 54.6 Å². The molecule has 1 saturated heterocycles. The first-order chi connectivity index (χ1) is 17.8. The normalized spacial score (nSPS) is 17.2. The van der Waals surface area contributed by atoms with Crippen molar-refractivity contribution < 1.29 is 24.3 Å². The molecule has 2 unspecified atom stereocenters. The van der Waals surface area contributed by atoms with Gasteiger partial charge in [0, 0.05) is 49.4 Å². The second kappa shape index (κ2) is 11.3. The first-order valence-electron chi connectivity index (χ1n) is 12.1. The highest BCUT2D eigenvalue weighted by Crippen LogP contribution is 2.22. The summed E-state index contributed by atoms with van der Waals surface area (Å²) in [4.78, 5) is 45.2. The Labute approximate surface area is 215 Å². The molecule has 0 spiro atoms. The molecule has 4 amide bonds. The van der Waals surface area contributed by atoms with Crippen LogP contribution in [-0.4, -0.2) is 71.1 Å². The summed E-state index contributed by atoms with van der Waals surface area (Å²) < 4.78 is 5.98. The molecule has 1 aliphatic rings. The zero-order valence-electron chi connectivity index (χ0n) is 21.1. The van der Waals surface area contributed by atoms with Gasteiger partial charge in [0.1, 0.15) is 12.4 Å². The van der Waals surface area contributed by atoms with Crippen molar-refractivity contribution in [2.75, 3.05) is 27.2 Å². The number of aryl methyl sites for hydroxylation is 1. The number of carbonyl (C=O) groups excluding carboxylic acids is 3. The molecule has 0 saturated carbocycles. The number of likely N-dealkylation sites (tertiary alicyclic amines) is 1. The molecular formula is C27H31N5O5. The number of benzene rings is 2. The van der Waals surface area contributed by atoms with Gasteiger partial charge in [-0.15, -0.1) is 0 Å². The number of hydrogen-bond donors (Lipinski definition) is 3. The molecule has 3 N–H and O–H groups in total. The van der Waals surface area contributed by atoms with Gasteiger partial charge in [-0.25, -0.2) is 10.3 Å². The van der Waals surface area contributed by atoms with E-state index in [0.717, 1.165) is 22.2 Å². The number of fused-ring (bicyclic) bond motifs is 1. The van der Waals surface area contributed by atoms with Crippen molar-refractivity contribution in [3.63, 3.8) is 0 Å². The van der Waals surface area contributed by atoms with Gasteiger partial charge in [0.15, 0.2) is 0 Å². The number of nitrogens with one attached hydrogen (secondary N) is 2. The zero-order valence-corrected chi connectivity index (χ0v) is 21.1. The highest BCUT2D eigenvalue weighted by molar-refractivity contribution is 5.95. The molecule has 2 heterocycles. The van der Waals surface area contributed by atoms with Gasteiger partial charge in [0.25, 0.3) is 5.91 Å². The molecule has 0 radical (unpaired) electrons. The number of hydroxylamine groups is 1. The molecular weight excluding hydrogens is 474 g/mol. The molecule has 194 valence electrons. The first-order valence-corrected chi connectivity index (χ1v) is 12.1. The zero-order chi connectivity index (χ0) is 26.5. The predicted molar refractivity (Wildman–Crippen MR) is 137 cm³/mol. The van der Waals surface area contributed by atoms with E-state index >= 15 is 0 Å². The van der Waals surface area contributed by atoms with Crippen LogP contribution >= 0.6 is 0 Å². The fraction of sp³-hybridized carbons (Fsp3) is 0.333. The summed E-state index contributed by atoms with van der Waals surface area (Å²) in [6, 6.07) is 15.7. The highest BCUT2D eigenvalue weighted by atomic mass is 16.5. The van der Waals surface area contributed by atoms with Crippen molar-refractivity contribution in [3.05, 3.63) is 71.4 Å². The minimum absolute atomic E-state index is 0.154. The molecule has 10 heteroatoms. The third-order valence-corrected chi connectivity index (χ3v) is 6.47. The molecule has 1 fully saturated rings. The van der Waals surface area contributed by atoms with Gasteiger partial charge in [0.2, 0.25) is 5.91 Å². The van der Waals surface area contributed by atoms with E-state index in [9.17, 15) is 14.4 Å². The van der Waals surface area contributed by atoms with Crippen LogP contribution in [-0.2, 0) is 11.4 Å². The summed E-state index contributed by atoms with van der Waals surface area (Å²) in [5.74, 6) is -1.04. The number of piperidine rings is 1. The number of rotatable bonds is 6. The van der Waals surface area contributed by atoms with Crippen molar-refractivity contribution in [2.45, 2.75) is 26.0 Å². The molecule has 37 heavy (non-hydrogen) atoms. The molecule has 3 aromatic rings. The number of amides is 4. The van der Waals surface area contributed by atoms with Gasteiger partial charge in [-0.1, -0.05) is 18.2 Å². The number of para-hydroxylation sites is 1. The summed E-state index contributed by atoms with van der Waals surface area (Å²) in [5.41, 5.74) is 4.90. The van der Waals surface area contributed by atoms with Crippen LogP contribution in [0.3, 0.4) is 0 Å². The molecule has 0 bridgehead atoms. The fourth-order valence-corrected chi connectivity index (χ4v) is 4.58. The summed E-state index contributed by atoms with van der Waals surface area (Å²) in [7, 11) is 3.29. The average molecular weight is 506 g/mol. The Morgan fingerprint density at radius 2 is 1.86 bits per heavy atom.